The third kappa shape index (κ3) is 7.04. The monoisotopic (exact) mass is 581 g/mol. The van der Waals surface area contributed by atoms with E-state index in [9.17, 15) is 24.5 Å². The van der Waals surface area contributed by atoms with Crippen molar-refractivity contribution in [3.8, 4) is 6.07 Å². The van der Waals surface area contributed by atoms with Gasteiger partial charge in [-0.2, -0.15) is 10.4 Å². The van der Waals surface area contributed by atoms with E-state index in [1.54, 1.807) is 44.3 Å². The summed E-state index contributed by atoms with van der Waals surface area (Å²) < 4.78 is 42.3. The molecule has 2 aromatic rings. The predicted molar refractivity (Wildman–Crippen MR) is 140 cm³/mol. The van der Waals surface area contributed by atoms with E-state index in [0.29, 0.717) is 16.9 Å². The number of esters is 2. The van der Waals surface area contributed by atoms with Gasteiger partial charge in [0.15, 0.2) is 6.61 Å². The van der Waals surface area contributed by atoms with E-state index in [-0.39, 0.29) is 0 Å². The van der Waals surface area contributed by atoms with Crippen LogP contribution in [-0.2, 0) is 37.4 Å². The Morgan fingerprint density at radius 2 is 1.90 bits per heavy atom. The highest BCUT2D eigenvalue weighted by Gasteiger charge is 2.55. The molecule has 0 amide bonds. The van der Waals surface area contributed by atoms with Crippen molar-refractivity contribution in [1.29, 1.82) is 5.26 Å². The highest BCUT2D eigenvalue weighted by Crippen LogP contribution is 2.50. The fraction of sp³-hybridized carbons (Fsp3) is 0.640. The molecule has 1 fully saturated rings. The number of nitrogens with zero attached hydrogens (tertiary/aromatic N) is 4. The van der Waals surface area contributed by atoms with Crippen molar-refractivity contribution in [2.24, 2.45) is 5.41 Å². The molecule has 0 spiro atoms. The first kappa shape index (κ1) is 31.6. The molecule has 0 aromatic carbocycles. The maximum Gasteiger partial charge on any atom is 0.406 e. The summed E-state index contributed by atoms with van der Waals surface area (Å²) in [6.45, 7) is 10.1. The van der Waals surface area contributed by atoms with Crippen molar-refractivity contribution in [1.82, 2.24) is 19.7 Å². The van der Waals surface area contributed by atoms with Crippen molar-refractivity contribution >= 4 is 25.2 Å². The number of aromatic nitrogens is 3. The fourth-order valence-corrected chi connectivity index (χ4v) is 5.60. The molecule has 0 radical (unpaired) electrons. The molecule has 0 unspecified atom stereocenters. The lowest BCUT2D eigenvalue weighted by atomic mass is 9.79. The van der Waals surface area contributed by atoms with E-state index in [1.165, 1.54) is 20.2 Å². The van der Waals surface area contributed by atoms with Crippen molar-refractivity contribution in [2.45, 2.75) is 85.0 Å². The summed E-state index contributed by atoms with van der Waals surface area (Å²) in [7, 11) is -4.38. The molecule has 1 aliphatic rings. The lowest BCUT2D eigenvalue weighted by Gasteiger charge is -2.25. The maximum atomic E-state index is 13.6. The normalized spacial score (nSPS) is 25.1. The Bertz CT molecular complexity index is 1310. The van der Waals surface area contributed by atoms with Gasteiger partial charge in [-0.05, 0) is 60.6 Å². The topological polar surface area (TPSA) is 184 Å². The van der Waals surface area contributed by atoms with Gasteiger partial charge in [0.1, 0.15) is 36.1 Å². The predicted octanol–water partition coefficient (Wildman–Crippen LogP) is 2.39. The molecular formula is C25H36N5O9P. The summed E-state index contributed by atoms with van der Waals surface area (Å²) in [4.78, 5) is 28.5. The zero-order chi connectivity index (χ0) is 29.8. The molecule has 3 heterocycles. The first-order valence-electron chi connectivity index (χ1n) is 12.8. The average molecular weight is 582 g/mol. The van der Waals surface area contributed by atoms with Crippen LogP contribution in [0.2, 0.25) is 0 Å². The number of nitrogens with one attached hydrogen (secondary N) is 1. The average Bonchev–Trinajstić information content (AvgIpc) is 3.41. The van der Waals surface area contributed by atoms with Gasteiger partial charge >= 0.3 is 19.7 Å². The molecular weight excluding hydrogens is 545 g/mol. The molecule has 1 aliphatic heterocycles. The van der Waals surface area contributed by atoms with Gasteiger partial charge in [0.25, 0.3) is 0 Å². The fourth-order valence-electron chi connectivity index (χ4n) is 4.18. The Morgan fingerprint density at radius 3 is 2.52 bits per heavy atom. The van der Waals surface area contributed by atoms with Crippen LogP contribution in [0.1, 0.15) is 59.0 Å². The van der Waals surface area contributed by atoms with E-state index in [4.69, 9.17) is 23.3 Å². The smallest absolute Gasteiger partial charge is 0.406 e. The van der Waals surface area contributed by atoms with Crippen molar-refractivity contribution in [3.05, 3.63) is 29.8 Å². The number of hydrogen-bond acceptors (Lipinski definition) is 12. The molecule has 14 nitrogen and oxygen atoms in total. The van der Waals surface area contributed by atoms with Gasteiger partial charge in [-0.25, -0.2) is 23.9 Å². The molecule has 3 rings (SSSR count). The molecule has 40 heavy (non-hydrogen) atoms. The third-order valence-corrected chi connectivity index (χ3v) is 7.85. The summed E-state index contributed by atoms with van der Waals surface area (Å²) in [5.74, 6) is -1.52. The van der Waals surface area contributed by atoms with Gasteiger partial charge in [0.05, 0.1) is 41.8 Å². The van der Waals surface area contributed by atoms with Crippen molar-refractivity contribution < 1.29 is 42.5 Å². The lowest BCUT2D eigenvalue weighted by Crippen LogP contribution is -2.39. The van der Waals surface area contributed by atoms with Crippen LogP contribution in [0.25, 0.3) is 5.52 Å². The quantitative estimate of drug-likeness (QED) is 0.275. The SMILES string of the molecule is Cc1ncnn2c([C@@H]3O[C@H](CO[P@@](=O)(N[C@@H](C)C(=O)OC(C)C)OCC(=O)OC(C)C)[C@@H](O)[C@@]3(C)C#N)ccc12. The third-order valence-electron chi connectivity index (χ3n) is 6.19. The van der Waals surface area contributed by atoms with Gasteiger partial charge < -0.3 is 19.3 Å². The number of carbonyl (C=O) groups excluding carboxylic acids is 2. The number of aliphatic hydroxyl groups excluding tert-OH is 1. The number of ether oxygens (including phenoxy) is 3. The second kappa shape index (κ2) is 12.7. The summed E-state index contributed by atoms with van der Waals surface area (Å²) in [5, 5.41) is 27.9. The largest absolute Gasteiger partial charge is 0.462 e. The second-order valence-electron chi connectivity index (χ2n) is 10.2. The lowest BCUT2D eigenvalue weighted by molar-refractivity contribution is -0.150. The highest BCUT2D eigenvalue weighted by molar-refractivity contribution is 7.51. The molecule has 0 bridgehead atoms. The summed E-state index contributed by atoms with van der Waals surface area (Å²) in [6.07, 6.45) is -2.95. The summed E-state index contributed by atoms with van der Waals surface area (Å²) >= 11 is 0. The number of nitriles is 1. The molecule has 6 atom stereocenters. The van der Waals surface area contributed by atoms with Crippen LogP contribution >= 0.6 is 7.75 Å². The van der Waals surface area contributed by atoms with E-state index < -0.39 is 74.9 Å². The van der Waals surface area contributed by atoms with Gasteiger partial charge in [0.2, 0.25) is 0 Å². The second-order valence-corrected chi connectivity index (χ2v) is 12.0. The van der Waals surface area contributed by atoms with Crippen LogP contribution in [0, 0.1) is 23.7 Å². The van der Waals surface area contributed by atoms with Crippen LogP contribution in [0.15, 0.2) is 18.5 Å². The zero-order valence-electron chi connectivity index (χ0n) is 23.6. The first-order valence-corrected chi connectivity index (χ1v) is 14.4. The van der Waals surface area contributed by atoms with Crippen LogP contribution in [0.5, 0.6) is 0 Å². The van der Waals surface area contributed by atoms with E-state index in [0.717, 1.165) is 0 Å². The Kier molecular flexibility index (Phi) is 10.1. The number of carbonyl (C=O) groups is 2. The number of aliphatic hydroxyl groups is 1. The minimum Gasteiger partial charge on any atom is -0.462 e. The molecule has 15 heteroatoms. The Balaban J connectivity index is 1.81. The minimum absolute atomic E-state index is 0.430. The first-order chi connectivity index (χ1) is 18.7. The van der Waals surface area contributed by atoms with Gasteiger partial charge in [-0.15, -0.1) is 0 Å². The summed E-state index contributed by atoms with van der Waals surface area (Å²) in [6, 6.07) is 4.50. The van der Waals surface area contributed by atoms with Gasteiger partial charge in [-0.3, -0.25) is 13.8 Å². The number of fused-ring (bicyclic) bond motifs is 1. The Hall–Kier alpha value is -2.92. The van der Waals surface area contributed by atoms with E-state index in [2.05, 4.69) is 21.2 Å². The van der Waals surface area contributed by atoms with Crippen LogP contribution in [0.4, 0.5) is 0 Å². The number of aryl methyl sites for hydroxylation is 1. The number of rotatable bonds is 12. The zero-order valence-corrected chi connectivity index (χ0v) is 24.5. The van der Waals surface area contributed by atoms with E-state index in [1.807, 2.05) is 6.92 Å². The van der Waals surface area contributed by atoms with Gasteiger partial charge in [0, 0.05) is 0 Å². The van der Waals surface area contributed by atoms with Gasteiger partial charge in [-0.1, -0.05) is 0 Å². The Labute approximate surface area is 232 Å². The van der Waals surface area contributed by atoms with Crippen LogP contribution in [-0.4, -0.2) is 75.3 Å². The summed E-state index contributed by atoms with van der Waals surface area (Å²) in [5.41, 5.74) is 0.483. The molecule has 2 aromatic heterocycles. The van der Waals surface area contributed by atoms with Crippen LogP contribution in [0.3, 0.4) is 0 Å². The molecule has 220 valence electrons. The highest BCUT2D eigenvalue weighted by atomic mass is 31.2. The maximum absolute atomic E-state index is 13.6. The molecule has 2 N–H and O–H groups in total. The number of hydrogen-bond donors (Lipinski definition) is 2. The molecule has 1 saturated heterocycles. The van der Waals surface area contributed by atoms with E-state index >= 15 is 0 Å². The molecule has 0 aliphatic carbocycles. The molecule has 0 saturated carbocycles. The standard InChI is InChI=1S/C25H36N5O9P/c1-14(2)37-21(31)11-36-40(34,29-17(6)24(33)38-15(3)4)35-10-20-22(32)25(7,12-26)23(39-20)19-9-8-18-16(5)27-13-28-30(18)19/h8-9,13-15,17,20,22-23,32H,10-11H2,1-7H3,(H,29,34)/t17-,20+,22+,23-,25+,40-/m0/s1. The Morgan fingerprint density at radius 1 is 1.23 bits per heavy atom. The van der Waals surface area contributed by atoms with Crippen LogP contribution < -0.4 is 5.09 Å². The van der Waals surface area contributed by atoms with Crippen molar-refractivity contribution in [2.75, 3.05) is 13.2 Å². The van der Waals surface area contributed by atoms with Crippen molar-refractivity contribution in [3.63, 3.8) is 0 Å². The minimum atomic E-state index is -4.38.